The van der Waals surface area contributed by atoms with E-state index in [4.69, 9.17) is 0 Å². The van der Waals surface area contributed by atoms with E-state index in [1.165, 1.54) is 6.92 Å². The Morgan fingerprint density at radius 2 is 2.04 bits per heavy atom. The van der Waals surface area contributed by atoms with Crippen LogP contribution in [0.1, 0.15) is 57.8 Å². The molecule has 1 aromatic rings. The van der Waals surface area contributed by atoms with E-state index in [1.54, 1.807) is 11.8 Å². The Hall–Kier alpha value is -1.50. The average molecular weight is 367 g/mol. The summed E-state index contributed by atoms with van der Waals surface area (Å²) in [5.41, 5.74) is 0. The molecule has 0 aliphatic carbocycles. The van der Waals surface area contributed by atoms with Gasteiger partial charge in [-0.05, 0) is 45.1 Å². The monoisotopic (exact) mass is 366 g/mol. The number of imidazole rings is 1. The number of carbonyl (C=O) groups excluding carboxylic acids is 2. The van der Waals surface area contributed by atoms with E-state index >= 15 is 0 Å². The fourth-order valence-electron chi connectivity index (χ4n) is 3.39. The van der Waals surface area contributed by atoms with Gasteiger partial charge in [0.1, 0.15) is 11.9 Å². The van der Waals surface area contributed by atoms with Crippen LogP contribution in [0.4, 0.5) is 0 Å². The molecule has 140 valence electrons. The Balaban J connectivity index is 1.96. The van der Waals surface area contributed by atoms with E-state index in [-0.39, 0.29) is 11.8 Å². The zero-order valence-corrected chi connectivity index (χ0v) is 16.5. The maximum Gasteiger partial charge on any atom is 0.245 e. The zero-order valence-electron chi connectivity index (χ0n) is 15.7. The molecule has 2 heterocycles. The van der Waals surface area contributed by atoms with Crippen molar-refractivity contribution in [3.8, 4) is 0 Å². The van der Waals surface area contributed by atoms with Gasteiger partial charge in [-0.1, -0.05) is 0 Å². The van der Waals surface area contributed by atoms with Crippen LogP contribution in [0, 0.1) is 0 Å². The van der Waals surface area contributed by atoms with Gasteiger partial charge in [0.05, 0.1) is 0 Å². The fraction of sp³-hybridized carbons (Fsp3) is 0.722. The second-order valence-corrected chi connectivity index (χ2v) is 7.91. The molecule has 1 aliphatic heterocycles. The van der Waals surface area contributed by atoms with Gasteiger partial charge in [0.2, 0.25) is 11.8 Å². The summed E-state index contributed by atoms with van der Waals surface area (Å²) < 4.78 is 2.22. The normalized spacial score (nSPS) is 16.9. The molecule has 6 nitrogen and oxygen atoms in total. The molecule has 1 aromatic heterocycles. The van der Waals surface area contributed by atoms with Crippen LogP contribution in [-0.4, -0.2) is 57.4 Å². The summed E-state index contributed by atoms with van der Waals surface area (Å²) in [4.78, 5) is 30.7. The van der Waals surface area contributed by atoms with E-state index in [0.717, 1.165) is 37.5 Å². The van der Waals surface area contributed by atoms with Crippen molar-refractivity contribution < 1.29 is 9.59 Å². The Kier molecular flexibility index (Phi) is 7.35. The molecule has 7 heteroatoms. The highest BCUT2D eigenvalue weighted by Crippen LogP contribution is 2.28. The molecule has 0 spiro atoms. The van der Waals surface area contributed by atoms with Crippen molar-refractivity contribution in [1.29, 1.82) is 0 Å². The summed E-state index contributed by atoms with van der Waals surface area (Å²) in [6.07, 6.45) is 8.43. The number of carbonyl (C=O) groups is 2. The number of hydrogen-bond donors (Lipinski definition) is 1. The number of hydrogen-bond acceptors (Lipinski definition) is 4. The Labute approximate surface area is 154 Å². The zero-order chi connectivity index (χ0) is 18.4. The molecule has 0 aromatic carbocycles. The summed E-state index contributed by atoms with van der Waals surface area (Å²) in [6.45, 7) is 7.24. The van der Waals surface area contributed by atoms with E-state index in [0.29, 0.717) is 18.4 Å². The molecular weight excluding hydrogens is 336 g/mol. The third-order valence-corrected chi connectivity index (χ3v) is 5.36. The largest absolute Gasteiger partial charge is 0.345 e. The smallest absolute Gasteiger partial charge is 0.245 e. The van der Waals surface area contributed by atoms with Gasteiger partial charge in [-0.2, -0.15) is 11.8 Å². The van der Waals surface area contributed by atoms with E-state index < -0.39 is 6.04 Å². The van der Waals surface area contributed by atoms with Gasteiger partial charge in [0.25, 0.3) is 0 Å². The lowest BCUT2D eigenvalue weighted by molar-refractivity contribution is -0.137. The molecule has 1 aliphatic rings. The minimum absolute atomic E-state index is 0.0508. The van der Waals surface area contributed by atoms with Crippen LogP contribution in [0.15, 0.2) is 12.4 Å². The van der Waals surface area contributed by atoms with Crippen molar-refractivity contribution in [2.45, 2.75) is 58.0 Å². The second kappa shape index (κ2) is 9.27. The summed E-state index contributed by atoms with van der Waals surface area (Å²) in [5.74, 6) is 2.29. The minimum atomic E-state index is -0.404. The lowest BCUT2D eigenvalue weighted by Gasteiger charge is -2.34. The second-order valence-electron chi connectivity index (χ2n) is 6.92. The summed E-state index contributed by atoms with van der Waals surface area (Å²) in [5, 5.41) is 2.81. The van der Waals surface area contributed by atoms with E-state index in [1.807, 2.05) is 23.5 Å². The SMILES string of the molecule is CSCC[C@H](NC(C)=O)C(=O)N1CCC(c2nccn2C(C)C)CC1. The van der Waals surface area contributed by atoms with E-state index in [9.17, 15) is 9.59 Å². The maximum atomic E-state index is 12.8. The number of likely N-dealkylation sites (tertiary alicyclic amines) is 1. The van der Waals surface area contributed by atoms with Gasteiger partial charge in [-0.15, -0.1) is 0 Å². The molecule has 0 bridgehead atoms. The first-order chi connectivity index (χ1) is 11.9. The van der Waals surface area contributed by atoms with Gasteiger partial charge in [-0.3, -0.25) is 9.59 Å². The molecular formula is C18H30N4O2S. The van der Waals surface area contributed by atoms with Crippen molar-refractivity contribution in [2.75, 3.05) is 25.1 Å². The first kappa shape index (κ1) is 19.8. The molecule has 1 saturated heterocycles. The van der Waals surface area contributed by atoms with Gasteiger partial charge >= 0.3 is 0 Å². The van der Waals surface area contributed by atoms with Crippen LogP contribution in [0.25, 0.3) is 0 Å². The minimum Gasteiger partial charge on any atom is -0.345 e. The number of rotatable bonds is 7. The highest BCUT2D eigenvalue weighted by atomic mass is 32.2. The first-order valence-corrected chi connectivity index (χ1v) is 10.4. The Morgan fingerprint density at radius 3 is 2.60 bits per heavy atom. The van der Waals surface area contributed by atoms with Crippen LogP contribution in [0.3, 0.4) is 0 Å². The molecule has 1 atom stereocenters. The van der Waals surface area contributed by atoms with E-state index in [2.05, 4.69) is 28.7 Å². The predicted octanol–water partition coefficient (Wildman–Crippen LogP) is 2.43. The highest BCUT2D eigenvalue weighted by molar-refractivity contribution is 7.98. The Morgan fingerprint density at radius 1 is 1.36 bits per heavy atom. The lowest BCUT2D eigenvalue weighted by atomic mass is 9.95. The first-order valence-electron chi connectivity index (χ1n) is 9.01. The number of nitrogens with zero attached hydrogens (tertiary/aromatic N) is 3. The topological polar surface area (TPSA) is 67.2 Å². The van der Waals surface area contributed by atoms with Gasteiger partial charge in [0.15, 0.2) is 0 Å². The van der Waals surface area contributed by atoms with Gasteiger partial charge in [-0.25, -0.2) is 4.98 Å². The predicted molar refractivity (Wildman–Crippen MR) is 102 cm³/mol. The van der Waals surface area contributed by atoms with Crippen LogP contribution in [0.2, 0.25) is 0 Å². The summed E-state index contributed by atoms with van der Waals surface area (Å²) in [6, 6.07) is -0.00740. The third-order valence-electron chi connectivity index (χ3n) is 4.71. The van der Waals surface area contributed by atoms with Crippen LogP contribution in [0.5, 0.6) is 0 Å². The standard InChI is InChI=1S/C18H30N4O2S/c1-13(2)22-11-8-19-17(22)15-5-9-21(10-6-15)18(24)16(7-12-25-4)20-14(3)23/h8,11,13,15-16H,5-7,9-10,12H2,1-4H3,(H,20,23)/t16-/m0/s1. The molecule has 0 unspecified atom stereocenters. The molecule has 25 heavy (non-hydrogen) atoms. The lowest BCUT2D eigenvalue weighted by Crippen LogP contribution is -2.50. The van der Waals surface area contributed by atoms with Crippen LogP contribution < -0.4 is 5.32 Å². The number of amides is 2. The van der Waals surface area contributed by atoms with Crippen molar-refractivity contribution in [2.24, 2.45) is 0 Å². The molecule has 2 amide bonds. The quantitative estimate of drug-likeness (QED) is 0.805. The van der Waals surface area contributed by atoms with Gasteiger partial charge < -0.3 is 14.8 Å². The van der Waals surface area contributed by atoms with Crippen molar-refractivity contribution in [3.05, 3.63) is 18.2 Å². The van der Waals surface area contributed by atoms with Crippen molar-refractivity contribution in [1.82, 2.24) is 19.8 Å². The van der Waals surface area contributed by atoms with Crippen LogP contribution in [-0.2, 0) is 9.59 Å². The molecule has 1 fully saturated rings. The summed E-state index contributed by atoms with van der Waals surface area (Å²) >= 11 is 1.69. The van der Waals surface area contributed by atoms with Crippen LogP contribution >= 0.6 is 11.8 Å². The third kappa shape index (κ3) is 5.23. The number of piperidine rings is 1. The fourth-order valence-corrected chi connectivity index (χ4v) is 3.87. The molecule has 2 rings (SSSR count). The van der Waals surface area contributed by atoms with Crippen molar-refractivity contribution in [3.63, 3.8) is 0 Å². The average Bonchev–Trinajstić information content (AvgIpc) is 3.08. The maximum absolute atomic E-state index is 12.8. The van der Waals surface area contributed by atoms with Crippen molar-refractivity contribution >= 4 is 23.6 Å². The number of thioether (sulfide) groups is 1. The highest BCUT2D eigenvalue weighted by Gasteiger charge is 2.30. The number of nitrogens with one attached hydrogen (secondary N) is 1. The Bertz CT molecular complexity index is 579. The van der Waals surface area contributed by atoms with Gasteiger partial charge in [0, 0.05) is 44.4 Å². The molecule has 0 saturated carbocycles. The number of aromatic nitrogens is 2. The molecule has 1 N–H and O–H groups in total. The summed E-state index contributed by atoms with van der Waals surface area (Å²) in [7, 11) is 0. The molecule has 0 radical (unpaired) electrons.